The number of rotatable bonds is 4. The summed E-state index contributed by atoms with van der Waals surface area (Å²) in [6.07, 6.45) is 5.58. The number of benzene rings is 1. The summed E-state index contributed by atoms with van der Waals surface area (Å²) in [7, 11) is 0. The Morgan fingerprint density at radius 1 is 1.28 bits per heavy atom. The van der Waals surface area contributed by atoms with E-state index >= 15 is 0 Å². The van der Waals surface area contributed by atoms with Crippen molar-refractivity contribution in [1.82, 2.24) is 14.9 Å². The highest BCUT2D eigenvalue weighted by atomic mass is 32.1. The van der Waals surface area contributed by atoms with Crippen LogP contribution in [0.1, 0.15) is 18.4 Å². The van der Waals surface area contributed by atoms with Crippen LogP contribution in [0.15, 0.2) is 36.7 Å². The maximum atomic E-state index is 12.9. The van der Waals surface area contributed by atoms with E-state index in [4.69, 9.17) is 9.47 Å². The third-order valence-electron chi connectivity index (χ3n) is 5.29. The number of aromatic nitrogens is 2. The normalized spacial score (nSPS) is 19.2. The number of anilines is 1. The van der Waals surface area contributed by atoms with Crippen molar-refractivity contribution < 1.29 is 14.3 Å². The van der Waals surface area contributed by atoms with Crippen molar-refractivity contribution in [3.63, 3.8) is 0 Å². The van der Waals surface area contributed by atoms with Gasteiger partial charge in [0.05, 0.1) is 16.1 Å². The van der Waals surface area contributed by atoms with Gasteiger partial charge in [-0.25, -0.2) is 4.98 Å². The monoisotopic (exact) mass is 410 g/mol. The molecular weight excluding hydrogens is 388 g/mol. The van der Waals surface area contributed by atoms with E-state index in [0.717, 1.165) is 48.4 Å². The van der Waals surface area contributed by atoms with E-state index in [1.807, 2.05) is 24.4 Å². The van der Waals surface area contributed by atoms with Gasteiger partial charge in [-0.15, -0.1) is 0 Å². The summed E-state index contributed by atoms with van der Waals surface area (Å²) in [4.78, 5) is 23.9. The van der Waals surface area contributed by atoms with E-state index in [0.29, 0.717) is 24.1 Å². The summed E-state index contributed by atoms with van der Waals surface area (Å²) in [5, 5.41) is 3.65. The van der Waals surface area contributed by atoms with Crippen molar-refractivity contribution in [3.8, 4) is 11.5 Å². The highest BCUT2D eigenvalue weighted by Crippen LogP contribution is 2.38. The van der Waals surface area contributed by atoms with Crippen LogP contribution in [-0.2, 0) is 11.3 Å². The topological polar surface area (TPSA) is 76.6 Å². The van der Waals surface area contributed by atoms with Crippen LogP contribution in [0.25, 0.3) is 10.2 Å². The number of nitrogens with one attached hydrogen (secondary N) is 1. The summed E-state index contributed by atoms with van der Waals surface area (Å²) in [5.74, 6) is 1.46. The molecule has 1 N–H and O–H groups in total. The Kier molecular flexibility index (Phi) is 5.03. The van der Waals surface area contributed by atoms with Gasteiger partial charge >= 0.3 is 0 Å². The Hall–Kier alpha value is -2.71. The number of thiazole rings is 1. The Balaban J connectivity index is 1.26. The maximum Gasteiger partial charge on any atom is 0.230 e. The van der Waals surface area contributed by atoms with Gasteiger partial charge in [-0.05, 0) is 31.0 Å². The van der Waals surface area contributed by atoms with Crippen molar-refractivity contribution >= 4 is 32.6 Å². The largest absolute Gasteiger partial charge is 0.486 e. The molecule has 150 valence electrons. The molecule has 1 unspecified atom stereocenters. The SMILES string of the molecule is O=C(Nc1nc2cc3c(cc2s1)OCCO3)C1CCCN(Cc2cccnc2)C1. The smallest absolute Gasteiger partial charge is 0.230 e. The molecule has 7 nitrogen and oxygen atoms in total. The second-order valence-electron chi connectivity index (χ2n) is 7.41. The first-order chi connectivity index (χ1) is 14.2. The predicted molar refractivity (Wildman–Crippen MR) is 111 cm³/mol. The standard InChI is InChI=1S/C21H22N4O3S/c26-20(15-4-2-6-25(13-15)12-14-3-1-5-22-11-14)24-21-23-16-9-17-18(10-19(16)29-21)28-8-7-27-17/h1,3,5,9-11,15H,2,4,6-8,12-13H2,(H,23,24,26). The minimum absolute atomic E-state index is 0.0349. The number of fused-ring (bicyclic) bond motifs is 2. The van der Waals surface area contributed by atoms with Gasteiger partial charge in [0, 0.05) is 37.6 Å². The van der Waals surface area contributed by atoms with Crippen molar-refractivity contribution in [2.24, 2.45) is 5.92 Å². The van der Waals surface area contributed by atoms with Gasteiger partial charge in [0.2, 0.25) is 5.91 Å². The molecule has 1 atom stereocenters. The average molecular weight is 410 g/mol. The lowest BCUT2D eigenvalue weighted by atomic mass is 9.97. The molecule has 0 bridgehead atoms. The first-order valence-corrected chi connectivity index (χ1v) is 10.7. The zero-order valence-electron chi connectivity index (χ0n) is 16.0. The molecule has 2 aromatic heterocycles. The van der Waals surface area contributed by atoms with E-state index in [1.54, 1.807) is 6.20 Å². The van der Waals surface area contributed by atoms with Gasteiger partial charge in [0.25, 0.3) is 0 Å². The Morgan fingerprint density at radius 2 is 2.14 bits per heavy atom. The molecular formula is C21H22N4O3S. The van der Waals surface area contributed by atoms with Gasteiger partial charge in [-0.1, -0.05) is 17.4 Å². The molecule has 0 saturated carbocycles. The lowest BCUT2D eigenvalue weighted by Crippen LogP contribution is -2.40. The molecule has 0 spiro atoms. The zero-order chi connectivity index (χ0) is 19.6. The number of hydrogen-bond donors (Lipinski definition) is 1. The fraction of sp³-hybridized carbons (Fsp3) is 0.381. The first kappa shape index (κ1) is 18.3. The fourth-order valence-corrected chi connectivity index (χ4v) is 4.77. The first-order valence-electron chi connectivity index (χ1n) is 9.87. The average Bonchev–Trinajstić information content (AvgIpc) is 3.13. The molecule has 2 aliphatic heterocycles. The van der Waals surface area contributed by atoms with Crippen molar-refractivity contribution in [2.45, 2.75) is 19.4 Å². The molecule has 1 saturated heterocycles. The quantitative estimate of drug-likeness (QED) is 0.711. The number of hydrogen-bond acceptors (Lipinski definition) is 7. The highest BCUT2D eigenvalue weighted by molar-refractivity contribution is 7.22. The van der Waals surface area contributed by atoms with Crippen molar-refractivity contribution in [1.29, 1.82) is 0 Å². The van der Waals surface area contributed by atoms with Crippen LogP contribution in [0.2, 0.25) is 0 Å². The number of likely N-dealkylation sites (tertiary alicyclic amines) is 1. The molecule has 5 rings (SSSR count). The molecule has 1 amide bonds. The summed E-state index contributed by atoms with van der Waals surface area (Å²) in [5.41, 5.74) is 1.99. The number of amides is 1. The van der Waals surface area contributed by atoms with Crippen LogP contribution in [0.5, 0.6) is 11.5 Å². The number of carbonyl (C=O) groups excluding carboxylic acids is 1. The number of pyridine rings is 1. The van der Waals surface area contributed by atoms with Crippen LogP contribution >= 0.6 is 11.3 Å². The summed E-state index contributed by atoms with van der Waals surface area (Å²) < 4.78 is 12.2. The van der Waals surface area contributed by atoms with Crippen LogP contribution in [0, 0.1) is 5.92 Å². The summed E-state index contributed by atoms with van der Waals surface area (Å²) >= 11 is 1.47. The third-order valence-corrected chi connectivity index (χ3v) is 6.22. The lowest BCUT2D eigenvalue weighted by Gasteiger charge is -2.31. The molecule has 1 fully saturated rings. The Morgan fingerprint density at radius 3 is 2.97 bits per heavy atom. The minimum atomic E-state index is -0.0349. The van der Waals surface area contributed by atoms with Crippen LogP contribution in [0.4, 0.5) is 5.13 Å². The zero-order valence-corrected chi connectivity index (χ0v) is 16.8. The number of ether oxygens (including phenoxy) is 2. The van der Waals surface area contributed by atoms with E-state index in [9.17, 15) is 4.79 Å². The molecule has 4 heterocycles. The second kappa shape index (κ2) is 7.96. The van der Waals surface area contributed by atoms with E-state index in [2.05, 4.69) is 26.3 Å². The molecule has 0 aliphatic carbocycles. The van der Waals surface area contributed by atoms with Crippen molar-refractivity contribution in [3.05, 3.63) is 42.2 Å². The van der Waals surface area contributed by atoms with Gasteiger partial charge in [-0.3, -0.25) is 14.7 Å². The van der Waals surface area contributed by atoms with E-state index < -0.39 is 0 Å². The van der Waals surface area contributed by atoms with Gasteiger partial charge in [0.1, 0.15) is 13.2 Å². The molecule has 8 heteroatoms. The second-order valence-corrected chi connectivity index (χ2v) is 8.44. The van der Waals surface area contributed by atoms with Gasteiger partial charge in [0.15, 0.2) is 16.6 Å². The molecule has 2 aliphatic rings. The summed E-state index contributed by atoms with van der Waals surface area (Å²) in [6, 6.07) is 7.84. The summed E-state index contributed by atoms with van der Waals surface area (Å²) in [6.45, 7) is 3.68. The third kappa shape index (κ3) is 4.04. The Bertz CT molecular complexity index is 980. The Labute approximate surface area is 172 Å². The molecule has 1 aromatic carbocycles. The molecule has 0 radical (unpaired) electrons. The minimum Gasteiger partial charge on any atom is -0.486 e. The van der Waals surface area contributed by atoms with Crippen LogP contribution < -0.4 is 14.8 Å². The van der Waals surface area contributed by atoms with Crippen molar-refractivity contribution in [2.75, 3.05) is 31.6 Å². The number of piperidine rings is 1. The fourth-order valence-electron chi connectivity index (χ4n) is 3.89. The number of carbonyl (C=O) groups is 1. The van der Waals surface area contributed by atoms with Gasteiger partial charge in [-0.2, -0.15) is 0 Å². The number of nitrogens with zero attached hydrogens (tertiary/aromatic N) is 3. The van der Waals surface area contributed by atoms with Crippen LogP contribution in [0.3, 0.4) is 0 Å². The van der Waals surface area contributed by atoms with Crippen LogP contribution in [-0.4, -0.2) is 47.1 Å². The van der Waals surface area contributed by atoms with Gasteiger partial charge < -0.3 is 14.8 Å². The predicted octanol–water partition coefficient (Wildman–Crippen LogP) is 3.31. The molecule has 29 heavy (non-hydrogen) atoms. The molecule has 3 aromatic rings. The van der Waals surface area contributed by atoms with E-state index in [1.165, 1.54) is 16.9 Å². The van der Waals surface area contributed by atoms with E-state index in [-0.39, 0.29) is 11.8 Å². The highest BCUT2D eigenvalue weighted by Gasteiger charge is 2.26. The lowest BCUT2D eigenvalue weighted by molar-refractivity contribution is -0.121. The maximum absolute atomic E-state index is 12.9.